The molecular formula is C36H52Cl2N4O3. The standard InChI is InChI=1S/C36H51ClN4O3.ClH/c1-26-25-40(23-20-33(26)41(35(43)39(2)3)31-12-8-5-9-13-31)34(42)32(24-27-14-16-29(37)17-15-27)38-30-18-21-36(44,22-19-30)28-10-6-4-7-11-28;/h4,6-7,10-11,14-17,26,30-33,38,44H,5,8-9,12-13,18-25H2,1-3H3;1H/t26-,30?,32-,33-,36?;/m1./s1. The number of amides is 3. The Labute approximate surface area is 281 Å². The lowest BCUT2D eigenvalue weighted by Gasteiger charge is -2.48. The van der Waals surface area contributed by atoms with Crippen LogP contribution in [0.15, 0.2) is 54.6 Å². The molecule has 2 aliphatic carbocycles. The van der Waals surface area contributed by atoms with E-state index in [1.54, 1.807) is 4.90 Å². The average molecular weight is 660 g/mol. The van der Waals surface area contributed by atoms with E-state index in [9.17, 15) is 14.7 Å². The molecule has 3 aliphatic rings. The second kappa shape index (κ2) is 16.0. The fraction of sp³-hybridized carbons (Fsp3) is 0.611. The lowest BCUT2D eigenvalue weighted by molar-refractivity contribution is -0.136. The Hall–Kier alpha value is -2.32. The molecule has 9 heteroatoms. The number of carbonyl (C=O) groups excluding carboxylic acids is 2. The number of likely N-dealkylation sites (tertiary alicyclic amines) is 1. The molecule has 45 heavy (non-hydrogen) atoms. The number of urea groups is 1. The molecule has 0 aromatic heterocycles. The quantitative estimate of drug-likeness (QED) is 0.333. The van der Waals surface area contributed by atoms with Gasteiger partial charge < -0.3 is 25.1 Å². The van der Waals surface area contributed by atoms with E-state index in [0.29, 0.717) is 37.4 Å². The zero-order valence-corrected chi connectivity index (χ0v) is 28.7. The summed E-state index contributed by atoms with van der Waals surface area (Å²) in [5, 5.41) is 15.8. The van der Waals surface area contributed by atoms with E-state index in [1.165, 1.54) is 19.3 Å². The van der Waals surface area contributed by atoms with E-state index in [2.05, 4.69) is 17.1 Å². The first-order valence-corrected chi connectivity index (χ1v) is 17.1. The van der Waals surface area contributed by atoms with Gasteiger partial charge in [0.1, 0.15) is 0 Å². The summed E-state index contributed by atoms with van der Waals surface area (Å²) in [6.45, 7) is 3.50. The Kier molecular flexibility index (Phi) is 12.6. The zero-order chi connectivity index (χ0) is 31.3. The van der Waals surface area contributed by atoms with Crippen LogP contribution in [0, 0.1) is 5.92 Å². The van der Waals surface area contributed by atoms with E-state index in [-0.39, 0.29) is 54.4 Å². The van der Waals surface area contributed by atoms with Gasteiger partial charge >= 0.3 is 6.03 Å². The normalized spacial score (nSPS) is 26.4. The van der Waals surface area contributed by atoms with Crippen LogP contribution in [0.25, 0.3) is 0 Å². The first kappa shape index (κ1) is 35.5. The molecule has 5 rings (SSSR count). The highest BCUT2D eigenvalue weighted by Gasteiger charge is 2.41. The molecule has 2 aromatic carbocycles. The molecule has 1 saturated heterocycles. The van der Waals surface area contributed by atoms with Gasteiger partial charge in [-0.3, -0.25) is 4.79 Å². The van der Waals surface area contributed by atoms with Gasteiger partial charge in [0.2, 0.25) is 5.91 Å². The topological polar surface area (TPSA) is 76.1 Å². The minimum atomic E-state index is -0.819. The van der Waals surface area contributed by atoms with Crippen molar-refractivity contribution in [1.29, 1.82) is 0 Å². The monoisotopic (exact) mass is 658 g/mol. The van der Waals surface area contributed by atoms with Gasteiger partial charge in [0.05, 0.1) is 11.6 Å². The molecule has 1 aliphatic heterocycles. The van der Waals surface area contributed by atoms with E-state index >= 15 is 0 Å². The van der Waals surface area contributed by atoms with Crippen molar-refractivity contribution in [3.05, 3.63) is 70.7 Å². The number of nitrogens with one attached hydrogen (secondary N) is 1. The number of rotatable bonds is 8. The molecule has 7 nitrogen and oxygen atoms in total. The zero-order valence-electron chi connectivity index (χ0n) is 27.2. The number of halogens is 2. The predicted molar refractivity (Wildman–Crippen MR) is 184 cm³/mol. The number of carbonyl (C=O) groups is 2. The second-order valence-corrected chi connectivity index (χ2v) is 14.2. The molecule has 0 radical (unpaired) electrons. The van der Waals surface area contributed by atoms with Crippen LogP contribution in [0.3, 0.4) is 0 Å². The highest BCUT2D eigenvalue weighted by Crippen LogP contribution is 2.37. The van der Waals surface area contributed by atoms with Crippen LogP contribution < -0.4 is 5.32 Å². The Morgan fingerprint density at radius 2 is 1.62 bits per heavy atom. The minimum absolute atomic E-state index is 0. The molecule has 2 saturated carbocycles. The van der Waals surface area contributed by atoms with Gasteiger partial charge in [-0.25, -0.2) is 4.79 Å². The Balaban J connectivity index is 0.00000461. The van der Waals surface area contributed by atoms with Crippen molar-refractivity contribution in [2.75, 3.05) is 27.2 Å². The number of benzene rings is 2. The predicted octanol–water partition coefficient (Wildman–Crippen LogP) is 6.65. The maximum Gasteiger partial charge on any atom is 0.319 e. The largest absolute Gasteiger partial charge is 0.385 e. The van der Waals surface area contributed by atoms with Crippen molar-refractivity contribution in [2.24, 2.45) is 5.92 Å². The first-order valence-electron chi connectivity index (χ1n) is 16.7. The van der Waals surface area contributed by atoms with Gasteiger partial charge in [0, 0.05) is 50.3 Å². The summed E-state index contributed by atoms with van der Waals surface area (Å²) >= 11 is 6.17. The SMILES string of the molecule is C[C@@H]1CN(C(=O)[C@@H](Cc2ccc(Cl)cc2)NC2CCC(O)(c3ccccc3)CC2)CC[C@H]1N(C(=O)N(C)C)C1CCCCC1.Cl. The molecule has 2 N–H and O–H groups in total. The smallest absolute Gasteiger partial charge is 0.319 e. The van der Waals surface area contributed by atoms with Crippen LogP contribution in [0.4, 0.5) is 4.79 Å². The molecule has 3 amide bonds. The summed E-state index contributed by atoms with van der Waals surface area (Å²) in [5.41, 5.74) is 1.22. The minimum Gasteiger partial charge on any atom is -0.385 e. The molecule has 0 bridgehead atoms. The van der Waals surface area contributed by atoms with Crippen molar-refractivity contribution < 1.29 is 14.7 Å². The van der Waals surface area contributed by atoms with Crippen LogP contribution in [-0.4, -0.2) is 83.1 Å². The summed E-state index contributed by atoms with van der Waals surface area (Å²) in [7, 11) is 3.70. The number of aliphatic hydroxyl groups is 1. The Bertz CT molecular complexity index is 1230. The third kappa shape index (κ3) is 8.73. The molecule has 3 atom stereocenters. The van der Waals surface area contributed by atoms with Crippen LogP contribution in [0.2, 0.25) is 5.02 Å². The van der Waals surface area contributed by atoms with E-state index in [0.717, 1.165) is 43.2 Å². The Morgan fingerprint density at radius 3 is 2.22 bits per heavy atom. The molecule has 248 valence electrons. The summed E-state index contributed by atoms with van der Waals surface area (Å²) in [4.78, 5) is 33.6. The van der Waals surface area contributed by atoms with Crippen molar-refractivity contribution in [3.63, 3.8) is 0 Å². The van der Waals surface area contributed by atoms with Crippen molar-refractivity contribution in [2.45, 2.75) is 107 Å². The number of piperidine rings is 1. The van der Waals surface area contributed by atoms with Gasteiger partial charge in [0.25, 0.3) is 0 Å². The highest BCUT2D eigenvalue weighted by atomic mass is 35.5. The van der Waals surface area contributed by atoms with E-state index < -0.39 is 5.60 Å². The molecule has 2 aromatic rings. The molecule has 3 fully saturated rings. The summed E-state index contributed by atoms with van der Waals surface area (Å²) in [6, 6.07) is 18.0. The van der Waals surface area contributed by atoms with Crippen LogP contribution in [0.1, 0.15) is 82.3 Å². The molecule has 0 unspecified atom stereocenters. The van der Waals surface area contributed by atoms with Crippen LogP contribution in [0.5, 0.6) is 0 Å². The summed E-state index contributed by atoms with van der Waals surface area (Å²) < 4.78 is 0. The van der Waals surface area contributed by atoms with Gasteiger partial charge in [0.15, 0.2) is 0 Å². The number of hydrogen-bond acceptors (Lipinski definition) is 4. The lowest BCUT2D eigenvalue weighted by atomic mass is 9.77. The first-order chi connectivity index (χ1) is 21.1. The fourth-order valence-electron chi connectivity index (χ4n) is 7.78. The maximum atomic E-state index is 14.3. The molecule has 1 heterocycles. The fourth-order valence-corrected chi connectivity index (χ4v) is 7.91. The summed E-state index contributed by atoms with van der Waals surface area (Å²) in [6.07, 6.45) is 10.0. The van der Waals surface area contributed by atoms with Crippen molar-refractivity contribution in [1.82, 2.24) is 20.0 Å². The maximum absolute atomic E-state index is 14.3. The van der Waals surface area contributed by atoms with Crippen LogP contribution in [-0.2, 0) is 16.8 Å². The lowest BCUT2D eigenvalue weighted by Crippen LogP contribution is -2.60. The molecular weight excluding hydrogens is 607 g/mol. The molecule has 0 spiro atoms. The van der Waals surface area contributed by atoms with E-state index in [4.69, 9.17) is 11.6 Å². The van der Waals surface area contributed by atoms with Gasteiger partial charge in [-0.2, -0.15) is 0 Å². The highest BCUT2D eigenvalue weighted by molar-refractivity contribution is 6.30. The summed E-state index contributed by atoms with van der Waals surface area (Å²) in [5.74, 6) is 0.308. The second-order valence-electron chi connectivity index (χ2n) is 13.7. The third-order valence-electron chi connectivity index (χ3n) is 10.3. The third-order valence-corrected chi connectivity index (χ3v) is 10.6. The van der Waals surface area contributed by atoms with Crippen molar-refractivity contribution >= 4 is 35.9 Å². The average Bonchev–Trinajstić information content (AvgIpc) is 3.04. The number of nitrogens with zero attached hydrogens (tertiary/aromatic N) is 3. The van der Waals surface area contributed by atoms with Crippen molar-refractivity contribution in [3.8, 4) is 0 Å². The number of hydrogen-bond donors (Lipinski definition) is 2. The van der Waals surface area contributed by atoms with E-state index in [1.807, 2.05) is 73.6 Å². The van der Waals surface area contributed by atoms with Gasteiger partial charge in [-0.1, -0.05) is 80.3 Å². The van der Waals surface area contributed by atoms with Crippen LogP contribution >= 0.6 is 24.0 Å². The van der Waals surface area contributed by atoms with Gasteiger partial charge in [-0.15, -0.1) is 12.4 Å². The van der Waals surface area contributed by atoms with Gasteiger partial charge in [-0.05, 0) is 80.5 Å². The Morgan fingerprint density at radius 1 is 0.978 bits per heavy atom.